The Bertz CT molecular complexity index is 916. The van der Waals surface area contributed by atoms with E-state index in [1.54, 1.807) is 6.07 Å². The van der Waals surface area contributed by atoms with E-state index in [1.165, 1.54) is 6.08 Å². The Morgan fingerprint density at radius 3 is 2.23 bits per heavy atom. The maximum Gasteiger partial charge on any atom is 0.349 e. The van der Waals surface area contributed by atoms with Crippen LogP contribution in [-0.4, -0.2) is 18.4 Å². The summed E-state index contributed by atoms with van der Waals surface area (Å²) >= 11 is 0. The molecular formula is C22H21NO3. The van der Waals surface area contributed by atoms with Crippen molar-refractivity contribution < 1.29 is 14.3 Å². The van der Waals surface area contributed by atoms with Crippen molar-refractivity contribution >= 4 is 17.8 Å². The van der Waals surface area contributed by atoms with Gasteiger partial charge in [-0.25, -0.2) is 4.79 Å². The van der Waals surface area contributed by atoms with Crippen molar-refractivity contribution in [3.05, 3.63) is 75.4 Å². The van der Waals surface area contributed by atoms with Crippen molar-refractivity contribution in [3.63, 3.8) is 0 Å². The van der Waals surface area contributed by atoms with E-state index >= 15 is 0 Å². The highest BCUT2D eigenvalue weighted by molar-refractivity contribution is 6.02. The van der Waals surface area contributed by atoms with Crippen molar-refractivity contribution in [2.45, 2.75) is 27.7 Å². The SMILES string of the molecule is Cc1ccc(/C=C(\C#N)C(=O)OCC(=O)c2cc(C)c(C)cc2C)cc1. The van der Waals surface area contributed by atoms with Crippen molar-refractivity contribution in [2.24, 2.45) is 0 Å². The number of esters is 1. The average Bonchev–Trinajstić information content (AvgIpc) is 2.62. The summed E-state index contributed by atoms with van der Waals surface area (Å²) in [5, 5.41) is 9.20. The number of benzene rings is 2. The highest BCUT2D eigenvalue weighted by Gasteiger charge is 2.16. The normalized spacial score (nSPS) is 11.0. The fraction of sp³-hybridized carbons (Fsp3) is 0.227. The molecule has 0 amide bonds. The number of hydrogen-bond acceptors (Lipinski definition) is 4. The molecule has 0 aliphatic carbocycles. The fourth-order valence-electron chi connectivity index (χ4n) is 2.51. The summed E-state index contributed by atoms with van der Waals surface area (Å²) in [6.07, 6.45) is 1.45. The maximum atomic E-state index is 12.4. The first-order valence-electron chi connectivity index (χ1n) is 8.28. The van der Waals surface area contributed by atoms with E-state index in [9.17, 15) is 14.9 Å². The van der Waals surface area contributed by atoms with Crippen LogP contribution >= 0.6 is 0 Å². The third kappa shape index (κ3) is 4.67. The number of carbonyl (C=O) groups is 2. The molecule has 0 aliphatic rings. The minimum atomic E-state index is -0.803. The zero-order valence-corrected chi connectivity index (χ0v) is 15.4. The van der Waals surface area contributed by atoms with E-state index < -0.39 is 12.6 Å². The van der Waals surface area contributed by atoms with Gasteiger partial charge in [-0.15, -0.1) is 0 Å². The van der Waals surface area contributed by atoms with Gasteiger partial charge < -0.3 is 4.74 Å². The third-order valence-electron chi connectivity index (χ3n) is 4.20. The first-order chi connectivity index (χ1) is 12.3. The Labute approximate surface area is 153 Å². The number of hydrogen-bond donors (Lipinski definition) is 0. The molecule has 26 heavy (non-hydrogen) atoms. The summed E-state index contributed by atoms with van der Waals surface area (Å²) in [5.41, 5.74) is 5.13. The van der Waals surface area contributed by atoms with Gasteiger partial charge in [-0.2, -0.15) is 5.26 Å². The molecule has 0 unspecified atom stereocenters. The van der Waals surface area contributed by atoms with E-state index in [-0.39, 0.29) is 11.4 Å². The molecule has 0 atom stereocenters. The van der Waals surface area contributed by atoms with E-state index in [0.717, 1.165) is 27.8 Å². The molecule has 2 aromatic carbocycles. The molecule has 2 aromatic rings. The summed E-state index contributed by atoms with van der Waals surface area (Å²) in [7, 11) is 0. The molecule has 0 fully saturated rings. The van der Waals surface area contributed by atoms with Gasteiger partial charge in [-0.1, -0.05) is 35.9 Å². The molecule has 0 aromatic heterocycles. The van der Waals surface area contributed by atoms with E-state index in [4.69, 9.17) is 4.74 Å². The highest BCUT2D eigenvalue weighted by Crippen LogP contribution is 2.16. The zero-order valence-electron chi connectivity index (χ0n) is 15.4. The number of nitrogens with zero attached hydrogens (tertiary/aromatic N) is 1. The van der Waals surface area contributed by atoms with E-state index in [0.29, 0.717) is 5.56 Å². The Balaban J connectivity index is 2.09. The van der Waals surface area contributed by atoms with E-state index in [1.807, 2.05) is 64.1 Å². The van der Waals surface area contributed by atoms with Crippen LogP contribution in [-0.2, 0) is 9.53 Å². The summed E-state index contributed by atoms with van der Waals surface area (Å²) in [6, 6.07) is 13.0. The highest BCUT2D eigenvalue weighted by atomic mass is 16.5. The lowest BCUT2D eigenvalue weighted by molar-refractivity contribution is -0.137. The second-order valence-corrected chi connectivity index (χ2v) is 6.33. The molecule has 0 saturated heterocycles. The molecule has 4 nitrogen and oxygen atoms in total. The van der Waals surface area contributed by atoms with Gasteiger partial charge in [0.1, 0.15) is 11.6 Å². The molecule has 0 N–H and O–H groups in total. The lowest BCUT2D eigenvalue weighted by Crippen LogP contribution is -2.16. The standard InChI is InChI=1S/C22H21NO3/c1-14-5-7-18(8-6-14)11-19(12-23)22(25)26-13-21(24)20-10-16(3)15(2)9-17(20)4/h5-11H,13H2,1-4H3/b19-11+. The molecule has 132 valence electrons. The number of ether oxygens (including phenoxy) is 1. The minimum absolute atomic E-state index is 0.140. The van der Waals surface area contributed by atoms with E-state index in [2.05, 4.69) is 0 Å². The van der Waals surface area contributed by atoms with Crippen LogP contribution in [0.25, 0.3) is 6.08 Å². The number of rotatable bonds is 5. The lowest BCUT2D eigenvalue weighted by atomic mass is 9.98. The van der Waals surface area contributed by atoms with Crippen molar-refractivity contribution in [3.8, 4) is 6.07 Å². The van der Waals surface area contributed by atoms with Crippen LogP contribution in [0.1, 0.15) is 38.2 Å². The molecule has 0 aliphatic heterocycles. The van der Waals surface area contributed by atoms with Crippen LogP contribution in [0.15, 0.2) is 42.0 Å². The summed E-state index contributed by atoms with van der Waals surface area (Å²) < 4.78 is 5.05. The van der Waals surface area contributed by atoms with Crippen molar-refractivity contribution in [1.82, 2.24) is 0 Å². The summed E-state index contributed by atoms with van der Waals surface area (Å²) in [4.78, 5) is 24.5. The second kappa shape index (κ2) is 8.26. The Hall–Kier alpha value is -3.19. The topological polar surface area (TPSA) is 67.2 Å². The Kier molecular flexibility index (Phi) is 6.08. The molecule has 0 saturated carbocycles. The number of Topliss-reactive ketones (excluding diaryl/α,β-unsaturated/α-hetero) is 1. The van der Waals surface area contributed by atoms with Gasteiger partial charge in [0.2, 0.25) is 5.78 Å². The number of ketones is 1. The molecule has 0 radical (unpaired) electrons. The lowest BCUT2D eigenvalue weighted by Gasteiger charge is -2.09. The maximum absolute atomic E-state index is 12.4. The molecule has 0 spiro atoms. The van der Waals surface area contributed by atoms with Crippen LogP contribution in [0.2, 0.25) is 0 Å². The molecule has 0 bridgehead atoms. The average molecular weight is 347 g/mol. The van der Waals surface area contributed by atoms with Crippen LogP contribution in [0, 0.1) is 39.0 Å². The third-order valence-corrected chi connectivity index (χ3v) is 4.20. The van der Waals surface area contributed by atoms with Gasteiger partial charge in [0.15, 0.2) is 6.61 Å². The smallest absolute Gasteiger partial charge is 0.349 e. The molecule has 2 rings (SSSR count). The number of nitriles is 1. The molecule has 4 heteroatoms. The zero-order chi connectivity index (χ0) is 19.3. The van der Waals surface area contributed by atoms with Crippen molar-refractivity contribution in [2.75, 3.05) is 6.61 Å². The van der Waals surface area contributed by atoms with Gasteiger partial charge >= 0.3 is 5.97 Å². The van der Waals surface area contributed by atoms with Crippen LogP contribution in [0.4, 0.5) is 0 Å². The summed E-state index contributed by atoms with van der Waals surface area (Å²) in [5.74, 6) is -1.09. The first-order valence-corrected chi connectivity index (χ1v) is 8.28. The van der Waals surface area contributed by atoms with Crippen molar-refractivity contribution in [1.29, 1.82) is 5.26 Å². The quantitative estimate of drug-likeness (QED) is 0.351. The second-order valence-electron chi connectivity index (χ2n) is 6.33. The molecular weight excluding hydrogens is 326 g/mol. The number of carbonyl (C=O) groups excluding carboxylic acids is 2. The van der Waals surface area contributed by atoms with Gasteiger partial charge in [0.05, 0.1) is 0 Å². The number of aryl methyl sites for hydroxylation is 4. The first kappa shape index (κ1) is 19.1. The van der Waals surface area contributed by atoms with Gasteiger partial charge in [0.25, 0.3) is 0 Å². The summed E-state index contributed by atoms with van der Waals surface area (Å²) in [6.45, 7) is 7.31. The Morgan fingerprint density at radius 2 is 1.62 bits per heavy atom. The molecule has 0 heterocycles. The predicted molar refractivity (Wildman–Crippen MR) is 101 cm³/mol. The monoisotopic (exact) mass is 347 g/mol. The van der Waals surface area contributed by atoms with Gasteiger partial charge in [-0.05, 0) is 62.1 Å². The Morgan fingerprint density at radius 1 is 1.00 bits per heavy atom. The minimum Gasteiger partial charge on any atom is -0.453 e. The van der Waals surface area contributed by atoms with Gasteiger partial charge in [-0.3, -0.25) is 4.79 Å². The van der Waals surface area contributed by atoms with Crippen LogP contribution in [0.5, 0.6) is 0 Å². The van der Waals surface area contributed by atoms with Crippen LogP contribution in [0.3, 0.4) is 0 Å². The predicted octanol–water partition coefficient (Wildman–Crippen LogP) is 4.25. The van der Waals surface area contributed by atoms with Gasteiger partial charge in [0, 0.05) is 5.56 Å². The largest absolute Gasteiger partial charge is 0.453 e. The van der Waals surface area contributed by atoms with Crippen LogP contribution < -0.4 is 0 Å². The fourth-order valence-corrected chi connectivity index (χ4v) is 2.51.